The molecule has 15 heavy (non-hydrogen) atoms. The molecule has 0 saturated carbocycles. The summed E-state index contributed by atoms with van der Waals surface area (Å²) < 4.78 is 26.6. The van der Waals surface area contributed by atoms with Gasteiger partial charge in [0.2, 0.25) is 0 Å². The Hall–Kier alpha value is -0.960. The molecule has 0 aromatic heterocycles. The first-order chi connectivity index (χ1) is 6.91. The van der Waals surface area contributed by atoms with E-state index in [4.69, 9.17) is 5.11 Å². The maximum Gasteiger partial charge on any atom is 0.129 e. The van der Waals surface area contributed by atoms with Crippen LogP contribution in [-0.2, 0) is 6.42 Å². The Morgan fingerprint density at radius 1 is 1.13 bits per heavy atom. The van der Waals surface area contributed by atoms with E-state index in [0.29, 0.717) is 11.1 Å². The van der Waals surface area contributed by atoms with Gasteiger partial charge in [-0.15, -0.1) is 0 Å². The first kappa shape index (κ1) is 12.1. The van der Waals surface area contributed by atoms with Crippen LogP contribution in [0.5, 0.6) is 0 Å². The van der Waals surface area contributed by atoms with Gasteiger partial charge in [-0.2, -0.15) is 0 Å². The van der Waals surface area contributed by atoms with Crippen molar-refractivity contribution in [3.8, 4) is 0 Å². The second-order valence-corrected chi connectivity index (χ2v) is 4.17. The number of halogens is 2. The van der Waals surface area contributed by atoms with Crippen LogP contribution in [0.1, 0.15) is 37.8 Å². The van der Waals surface area contributed by atoms with E-state index in [9.17, 15) is 8.78 Å². The van der Waals surface area contributed by atoms with Crippen molar-refractivity contribution in [2.45, 2.75) is 39.2 Å². The van der Waals surface area contributed by atoms with E-state index in [1.54, 1.807) is 6.92 Å². The van der Waals surface area contributed by atoms with Gasteiger partial charge in [-0.1, -0.05) is 13.8 Å². The number of hydrogen-bond acceptors (Lipinski definition) is 1. The molecule has 3 heteroatoms. The number of aliphatic hydroxyl groups excluding tert-OH is 1. The Balaban J connectivity index is 3.11. The smallest absolute Gasteiger partial charge is 0.129 e. The molecule has 1 unspecified atom stereocenters. The van der Waals surface area contributed by atoms with Gasteiger partial charge in [-0.25, -0.2) is 8.78 Å². The van der Waals surface area contributed by atoms with Crippen LogP contribution in [0.4, 0.5) is 8.78 Å². The Labute approximate surface area is 88.7 Å². The lowest BCUT2D eigenvalue weighted by atomic mass is 9.97. The van der Waals surface area contributed by atoms with Crippen molar-refractivity contribution in [2.24, 2.45) is 0 Å². The number of rotatable bonds is 3. The molecule has 0 amide bonds. The standard InChI is InChI=1S/C12H16F2O/c1-7(2)10-5-9(4-8(3)15)11(13)6-12(10)14/h5-8,15H,4H2,1-3H3. The molecular formula is C12H16F2O. The van der Waals surface area contributed by atoms with Crippen molar-refractivity contribution < 1.29 is 13.9 Å². The fourth-order valence-corrected chi connectivity index (χ4v) is 1.53. The van der Waals surface area contributed by atoms with E-state index in [-0.39, 0.29) is 12.3 Å². The molecule has 1 N–H and O–H groups in total. The zero-order valence-electron chi connectivity index (χ0n) is 9.22. The quantitative estimate of drug-likeness (QED) is 0.820. The second kappa shape index (κ2) is 4.71. The maximum atomic E-state index is 13.3. The summed E-state index contributed by atoms with van der Waals surface area (Å²) in [4.78, 5) is 0. The van der Waals surface area contributed by atoms with E-state index in [1.165, 1.54) is 6.07 Å². The van der Waals surface area contributed by atoms with Crippen LogP contribution in [0.25, 0.3) is 0 Å². The second-order valence-electron chi connectivity index (χ2n) is 4.17. The molecule has 1 rings (SSSR count). The van der Waals surface area contributed by atoms with Crippen molar-refractivity contribution in [1.82, 2.24) is 0 Å². The van der Waals surface area contributed by atoms with Gasteiger partial charge in [-0.3, -0.25) is 0 Å². The van der Waals surface area contributed by atoms with Crippen LogP contribution < -0.4 is 0 Å². The van der Waals surface area contributed by atoms with Gasteiger partial charge < -0.3 is 5.11 Å². The molecule has 1 aromatic rings. The normalized spacial score (nSPS) is 13.3. The molecule has 0 fully saturated rings. The van der Waals surface area contributed by atoms with Crippen LogP contribution in [0.3, 0.4) is 0 Å². The Kier molecular flexibility index (Phi) is 3.80. The molecule has 1 aromatic carbocycles. The molecule has 0 saturated heterocycles. The minimum Gasteiger partial charge on any atom is -0.393 e. The molecule has 0 bridgehead atoms. The maximum absolute atomic E-state index is 13.3. The Morgan fingerprint density at radius 2 is 1.73 bits per heavy atom. The van der Waals surface area contributed by atoms with Crippen molar-refractivity contribution in [1.29, 1.82) is 0 Å². The summed E-state index contributed by atoms with van der Waals surface area (Å²) >= 11 is 0. The fourth-order valence-electron chi connectivity index (χ4n) is 1.53. The number of hydrogen-bond donors (Lipinski definition) is 1. The molecule has 1 atom stereocenters. The Morgan fingerprint density at radius 3 is 2.20 bits per heavy atom. The summed E-state index contributed by atoms with van der Waals surface area (Å²) in [7, 11) is 0. The SMILES string of the molecule is CC(O)Cc1cc(C(C)C)c(F)cc1F. The lowest BCUT2D eigenvalue weighted by molar-refractivity contribution is 0.194. The minimum atomic E-state index is -0.620. The van der Waals surface area contributed by atoms with Crippen LogP contribution in [0.2, 0.25) is 0 Å². The lowest BCUT2D eigenvalue weighted by Gasteiger charge is -2.12. The average molecular weight is 214 g/mol. The zero-order valence-corrected chi connectivity index (χ0v) is 9.22. The van der Waals surface area contributed by atoms with Gasteiger partial charge in [0.15, 0.2) is 0 Å². The Bertz CT molecular complexity index is 346. The van der Waals surface area contributed by atoms with Crippen LogP contribution in [0, 0.1) is 11.6 Å². The number of benzene rings is 1. The third-order valence-corrected chi connectivity index (χ3v) is 2.30. The predicted octanol–water partition coefficient (Wildman–Crippen LogP) is 3.01. The molecule has 0 spiro atoms. The van der Waals surface area contributed by atoms with Crippen LogP contribution >= 0.6 is 0 Å². The summed E-state index contributed by atoms with van der Waals surface area (Å²) in [5.74, 6) is -1.09. The van der Waals surface area contributed by atoms with Gasteiger partial charge >= 0.3 is 0 Å². The van der Waals surface area contributed by atoms with E-state index < -0.39 is 17.7 Å². The van der Waals surface area contributed by atoms with E-state index in [1.807, 2.05) is 13.8 Å². The molecular weight excluding hydrogens is 198 g/mol. The summed E-state index contributed by atoms with van der Waals surface area (Å²) in [5.41, 5.74) is 0.863. The number of aliphatic hydroxyl groups is 1. The molecule has 0 radical (unpaired) electrons. The van der Waals surface area contributed by atoms with Crippen molar-refractivity contribution in [3.05, 3.63) is 34.9 Å². The lowest BCUT2D eigenvalue weighted by Crippen LogP contribution is -2.08. The molecule has 84 valence electrons. The van der Waals surface area contributed by atoms with E-state index >= 15 is 0 Å². The first-order valence-corrected chi connectivity index (χ1v) is 5.07. The van der Waals surface area contributed by atoms with Crippen LogP contribution in [0.15, 0.2) is 12.1 Å². The van der Waals surface area contributed by atoms with E-state index in [2.05, 4.69) is 0 Å². The molecule has 0 heterocycles. The topological polar surface area (TPSA) is 20.2 Å². The predicted molar refractivity (Wildman–Crippen MR) is 55.8 cm³/mol. The van der Waals surface area contributed by atoms with Gasteiger partial charge in [-0.05, 0) is 30.0 Å². The largest absolute Gasteiger partial charge is 0.393 e. The minimum absolute atomic E-state index is 0.0124. The van der Waals surface area contributed by atoms with Crippen molar-refractivity contribution >= 4 is 0 Å². The van der Waals surface area contributed by atoms with Gasteiger partial charge in [0, 0.05) is 12.5 Å². The summed E-state index contributed by atoms with van der Waals surface area (Å²) in [6.45, 7) is 5.28. The summed E-state index contributed by atoms with van der Waals surface area (Å²) in [6.07, 6.45) is -0.406. The van der Waals surface area contributed by atoms with Crippen LogP contribution in [-0.4, -0.2) is 11.2 Å². The highest BCUT2D eigenvalue weighted by Gasteiger charge is 2.13. The van der Waals surface area contributed by atoms with Gasteiger partial charge in [0.1, 0.15) is 11.6 Å². The van der Waals surface area contributed by atoms with E-state index in [0.717, 1.165) is 6.07 Å². The van der Waals surface area contributed by atoms with Gasteiger partial charge in [0.05, 0.1) is 6.10 Å². The van der Waals surface area contributed by atoms with Crippen molar-refractivity contribution in [2.75, 3.05) is 0 Å². The van der Waals surface area contributed by atoms with Crippen molar-refractivity contribution in [3.63, 3.8) is 0 Å². The third-order valence-electron chi connectivity index (χ3n) is 2.30. The zero-order chi connectivity index (χ0) is 11.6. The molecule has 1 nitrogen and oxygen atoms in total. The fraction of sp³-hybridized carbons (Fsp3) is 0.500. The molecule has 0 aliphatic rings. The highest BCUT2D eigenvalue weighted by Crippen LogP contribution is 2.22. The average Bonchev–Trinajstić information content (AvgIpc) is 2.08. The monoisotopic (exact) mass is 214 g/mol. The molecule has 0 aliphatic carbocycles. The highest BCUT2D eigenvalue weighted by molar-refractivity contribution is 5.29. The third kappa shape index (κ3) is 2.99. The summed E-state index contributed by atoms with van der Waals surface area (Å²) in [6, 6.07) is 2.40. The molecule has 0 aliphatic heterocycles. The first-order valence-electron chi connectivity index (χ1n) is 5.07. The highest BCUT2D eigenvalue weighted by atomic mass is 19.1. The summed E-state index contributed by atoms with van der Waals surface area (Å²) in [5, 5.41) is 9.17. The van der Waals surface area contributed by atoms with Gasteiger partial charge in [0.25, 0.3) is 0 Å².